The minimum absolute atomic E-state index is 0. The van der Waals surface area contributed by atoms with Crippen LogP contribution in [-0.2, 0) is 11.3 Å². The number of nitrogens with one attached hydrogen (secondary N) is 2. The van der Waals surface area contributed by atoms with E-state index in [9.17, 15) is 8.78 Å². The van der Waals surface area contributed by atoms with E-state index in [1.807, 2.05) is 0 Å². The van der Waals surface area contributed by atoms with Crippen molar-refractivity contribution in [1.29, 1.82) is 0 Å². The number of halogens is 3. The molecule has 0 amide bonds. The first kappa shape index (κ1) is 24.6. The molecule has 0 unspecified atom stereocenters. The minimum Gasteiger partial charge on any atom is -0.497 e. The third-order valence-corrected chi connectivity index (χ3v) is 3.33. The highest BCUT2D eigenvalue weighted by atomic mass is 127. The van der Waals surface area contributed by atoms with E-state index < -0.39 is 6.61 Å². The summed E-state index contributed by atoms with van der Waals surface area (Å²) in [5.41, 5.74) is 0.543. The normalized spacial score (nSPS) is 11.1. The lowest BCUT2D eigenvalue weighted by molar-refractivity contribution is -0.0504. The Morgan fingerprint density at radius 1 is 1.23 bits per heavy atom. The average molecular weight is 487 g/mol. The molecule has 150 valence electrons. The van der Waals surface area contributed by atoms with Crippen LogP contribution in [0.5, 0.6) is 11.5 Å². The van der Waals surface area contributed by atoms with Gasteiger partial charge in [0.15, 0.2) is 5.96 Å². The predicted molar refractivity (Wildman–Crippen MR) is 109 cm³/mol. The number of nitrogens with zero attached hydrogens (tertiary/aromatic N) is 1. The van der Waals surface area contributed by atoms with Gasteiger partial charge in [-0.3, -0.25) is 4.99 Å². The van der Waals surface area contributed by atoms with Crippen molar-refractivity contribution in [3.8, 4) is 11.5 Å². The Morgan fingerprint density at radius 2 is 2.00 bits per heavy atom. The van der Waals surface area contributed by atoms with Crippen molar-refractivity contribution in [3.05, 3.63) is 23.8 Å². The number of methoxy groups -OCH3 is 1. The van der Waals surface area contributed by atoms with Crippen LogP contribution < -0.4 is 20.1 Å². The van der Waals surface area contributed by atoms with Crippen molar-refractivity contribution in [3.63, 3.8) is 0 Å². The van der Waals surface area contributed by atoms with Gasteiger partial charge < -0.3 is 24.8 Å². The summed E-state index contributed by atoms with van der Waals surface area (Å²) in [5, 5.41) is 6.15. The molecule has 9 heteroatoms. The lowest BCUT2D eigenvalue weighted by atomic mass is 10.2. The van der Waals surface area contributed by atoms with Crippen molar-refractivity contribution in [2.75, 3.05) is 33.9 Å². The third-order valence-electron chi connectivity index (χ3n) is 3.33. The molecule has 0 aliphatic rings. The molecule has 26 heavy (non-hydrogen) atoms. The molecule has 0 saturated heterocycles. The molecule has 6 nitrogen and oxygen atoms in total. The molecule has 0 radical (unpaired) electrons. The van der Waals surface area contributed by atoms with E-state index in [4.69, 9.17) is 9.47 Å². The molecule has 0 atom stereocenters. The fraction of sp³-hybridized carbons (Fsp3) is 0.588. The molecular formula is C17H28F2IN3O3. The zero-order valence-corrected chi connectivity index (χ0v) is 17.7. The lowest BCUT2D eigenvalue weighted by Crippen LogP contribution is -2.38. The average Bonchev–Trinajstić information content (AvgIpc) is 2.61. The van der Waals surface area contributed by atoms with Gasteiger partial charge in [0, 0.05) is 32.3 Å². The van der Waals surface area contributed by atoms with E-state index in [0.29, 0.717) is 30.4 Å². The summed E-state index contributed by atoms with van der Waals surface area (Å²) in [6.45, 7) is 1.39. The summed E-state index contributed by atoms with van der Waals surface area (Å²) in [4.78, 5) is 4.09. The smallest absolute Gasteiger partial charge is 0.387 e. The van der Waals surface area contributed by atoms with Gasteiger partial charge in [0.05, 0.1) is 13.7 Å². The summed E-state index contributed by atoms with van der Waals surface area (Å²) in [5.74, 6) is 1.21. The summed E-state index contributed by atoms with van der Waals surface area (Å²) in [6.07, 6.45) is 2.13. The largest absolute Gasteiger partial charge is 0.497 e. The zero-order valence-electron chi connectivity index (χ0n) is 15.4. The Hall–Kier alpha value is -1.36. The third kappa shape index (κ3) is 9.95. The maximum atomic E-state index is 12.5. The standard InChI is InChI=1S/C17H27F2N3O3.HI/c1-4-5-9-24-10-8-21-17(20-2)22-12-13-11-14(23-3)6-7-15(13)25-16(18)19;/h6-7,11,16H,4-5,8-10,12H2,1-3H3,(H2,20,21,22);1H. The lowest BCUT2D eigenvalue weighted by Gasteiger charge is -2.15. The summed E-state index contributed by atoms with van der Waals surface area (Å²) < 4.78 is 40.2. The fourth-order valence-corrected chi connectivity index (χ4v) is 2.02. The number of hydrogen-bond donors (Lipinski definition) is 2. The van der Waals surface area contributed by atoms with Crippen LogP contribution in [0.4, 0.5) is 8.78 Å². The van der Waals surface area contributed by atoms with Crippen molar-refractivity contribution < 1.29 is 23.0 Å². The van der Waals surface area contributed by atoms with Crippen LogP contribution in [0.3, 0.4) is 0 Å². The number of rotatable bonds is 11. The molecule has 0 fully saturated rings. The van der Waals surface area contributed by atoms with Crippen LogP contribution in [0.1, 0.15) is 25.3 Å². The van der Waals surface area contributed by atoms with E-state index in [1.54, 1.807) is 19.2 Å². The van der Waals surface area contributed by atoms with Gasteiger partial charge >= 0.3 is 6.61 Å². The molecule has 1 aromatic carbocycles. The van der Waals surface area contributed by atoms with Crippen LogP contribution in [0, 0.1) is 0 Å². The number of benzene rings is 1. The molecule has 0 spiro atoms. The summed E-state index contributed by atoms with van der Waals surface area (Å²) in [6, 6.07) is 4.67. The molecule has 0 aliphatic heterocycles. The molecule has 2 N–H and O–H groups in total. The number of alkyl halides is 2. The van der Waals surface area contributed by atoms with Gasteiger partial charge in [-0.05, 0) is 24.6 Å². The van der Waals surface area contributed by atoms with Gasteiger partial charge in [-0.25, -0.2) is 0 Å². The zero-order chi connectivity index (χ0) is 18.5. The first-order chi connectivity index (χ1) is 12.1. The van der Waals surface area contributed by atoms with Crippen molar-refractivity contribution in [1.82, 2.24) is 10.6 Å². The molecule has 0 bridgehead atoms. The molecule has 0 aliphatic carbocycles. The van der Waals surface area contributed by atoms with Gasteiger partial charge in [-0.1, -0.05) is 13.3 Å². The monoisotopic (exact) mass is 487 g/mol. The van der Waals surface area contributed by atoms with Gasteiger partial charge in [0.2, 0.25) is 0 Å². The summed E-state index contributed by atoms with van der Waals surface area (Å²) >= 11 is 0. The predicted octanol–water partition coefficient (Wildman–Crippen LogP) is 3.40. The van der Waals surface area contributed by atoms with Gasteiger partial charge in [-0.2, -0.15) is 8.78 Å². The molecule has 1 aromatic rings. The van der Waals surface area contributed by atoms with Crippen LogP contribution >= 0.6 is 24.0 Å². The Morgan fingerprint density at radius 3 is 2.62 bits per heavy atom. The second-order valence-electron chi connectivity index (χ2n) is 5.17. The molecule has 1 rings (SSSR count). The van der Waals surface area contributed by atoms with E-state index in [1.165, 1.54) is 13.2 Å². The van der Waals surface area contributed by atoms with E-state index in [2.05, 4.69) is 27.3 Å². The second kappa shape index (κ2) is 14.8. The number of aliphatic imine (C=N–C) groups is 1. The number of hydrogen-bond acceptors (Lipinski definition) is 4. The topological polar surface area (TPSA) is 64.1 Å². The second-order valence-corrected chi connectivity index (χ2v) is 5.17. The van der Waals surface area contributed by atoms with E-state index >= 15 is 0 Å². The van der Waals surface area contributed by atoms with Gasteiger partial charge in [-0.15, -0.1) is 24.0 Å². The van der Waals surface area contributed by atoms with Crippen LogP contribution in [0.15, 0.2) is 23.2 Å². The summed E-state index contributed by atoms with van der Waals surface area (Å²) in [7, 11) is 3.15. The highest BCUT2D eigenvalue weighted by Gasteiger charge is 2.11. The highest BCUT2D eigenvalue weighted by Crippen LogP contribution is 2.25. The molecule has 0 heterocycles. The number of unbranched alkanes of at least 4 members (excludes halogenated alkanes) is 1. The highest BCUT2D eigenvalue weighted by molar-refractivity contribution is 14.0. The van der Waals surface area contributed by atoms with Gasteiger partial charge in [0.1, 0.15) is 11.5 Å². The van der Waals surface area contributed by atoms with Crippen LogP contribution in [0.2, 0.25) is 0 Å². The first-order valence-electron chi connectivity index (χ1n) is 8.24. The molecule has 0 saturated carbocycles. The SMILES string of the molecule is CCCCOCCNC(=NC)NCc1cc(OC)ccc1OC(F)F.I. The molecular weight excluding hydrogens is 459 g/mol. The van der Waals surface area contributed by atoms with Crippen LogP contribution in [0.25, 0.3) is 0 Å². The van der Waals surface area contributed by atoms with Crippen molar-refractivity contribution in [2.45, 2.75) is 32.9 Å². The fourth-order valence-electron chi connectivity index (χ4n) is 2.02. The first-order valence-corrected chi connectivity index (χ1v) is 8.24. The molecule has 0 aromatic heterocycles. The Balaban J connectivity index is 0.00000625. The number of guanidine groups is 1. The Kier molecular flexibility index (Phi) is 14.0. The van der Waals surface area contributed by atoms with Crippen molar-refractivity contribution in [2.24, 2.45) is 4.99 Å². The maximum Gasteiger partial charge on any atom is 0.387 e. The van der Waals surface area contributed by atoms with Crippen molar-refractivity contribution >= 4 is 29.9 Å². The quantitative estimate of drug-likeness (QED) is 0.217. The minimum atomic E-state index is -2.88. The number of ether oxygens (including phenoxy) is 3. The van der Waals surface area contributed by atoms with E-state index in [-0.39, 0.29) is 36.3 Å². The van der Waals surface area contributed by atoms with E-state index in [0.717, 1.165) is 19.4 Å². The Labute approximate surface area is 170 Å². The van der Waals surface area contributed by atoms with Gasteiger partial charge in [0.25, 0.3) is 0 Å². The Bertz CT molecular complexity index is 534. The van der Waals surface area contributed by atoms with Crippen LogP contribution in [-0.4, -0.2) is 46.5 Å². The maximum absolute atomic E-state index is 12.5.